The molecular weight excluding hydrogens is 443 g/mol. The van der Waals surface area contributed by atoms with Crippen molar-refractivity contribution in [2.45, 2.75) is 13.3 Å². The number of hydrogen-bond acceptors (Lipinski definition) is 2. The third-order valence-electron chi connectivity index (χ3n) is 5.27. The molecule has 0 saturated heterocycles. The van der Waals surface area contributed by atoms with Gasteiger partial charge in [-0.1, -0.05) is 66.5 Å². The third kappa shape index (κ3) is 4.47. The number of benzene rings is 3. The Morgan fingerprint density at radius 3 is 2.38 bits per heavy atom. The van der Waals surface area contributed by atoms with E-state index in [4.69, 9.17) is 28.3 Å². The van der Waals surface area contributed by atoms with E-state index in [1.807, 2.05) is 48.5 Å². The lowest BCUT2D eigenvalue weighted by Crippen LogP contribution is -1.97. The van der Waals surface area contributed by atoms with Crippen molar-refractivity contribution >= 4 is 57.3 Å². The summed E-state index contributed by atoms with van der Waals surface area (Å²) in [7, 11) is 0. The highest BCUT2D eigenvalue weighted by Gasteiger charge is 2.18. The van der Waals surface area contributed by atoms with Crippen LogP contribution in [0, 0.1) is 0 Å². The molecule has 0 aliphatic rings. The standard InChI is InChI=1S/C26H20Cl2N2O2/c1-2-20(26-21(27)4-3-5-22(26)28)25(18-11-12-23-19(14-18)15-29-30-23)17-9-6-16(7-10-17)8-13-24(31)32/h3-15H,2H2,1H3,(H,29,30)(H,31,32)/b13-8+,25-20+. The predicted octanol–water partition coefficient (Wildman–Crippen LogP) is 7.34. The van der Waals surface area contributed by atoms with E-state index in [9.17, 15) is 4.79 Å². The number of aromatic nitrogens is 2. The molecule has 0 unspecified atom stereocenters. The number of aliphatic carboxylic acids is 1. The van der Waals surface area contributed by atoms with E-state index in [0.29, 0.717) is 16.5 Å². The van der Waals surface area contributed by atoms with Crippen LogP contribution in [-0.4, -0.2) is 21.3 Å². The number of allylic oxidation sites excluding steroid dienone is 1. The van der Waals surface area contributed by atoms with Crippen molar-refractivity contribution in [3.63, 3.8) is 0 Å². The molecule has 4 nitrogen and oxygen atoms in total. The van der Waals surface area contributed by atoms with Crippen molar-refractivity contribution in [1.82, 2.24) is 10.2 Å². The quantitative estimate of drug-likeness (QED) is 0.232. The summed E-state index contributed by atoms with van der Waals surface area (Å²) in [5, 5.41) is 18.2. The largest absolute Gasteiger partial charge is 0.478 e. The molecule has 4 rings (SSSR count). The second kappa shape index (κ2) is 9.43. The van der Waals surface area contributed by atoms with Gasteiger partial charge in [-0.25, -0.2) is 4.79 Å². The van der Waals surface area contributed by atoms with Crippen LogP contribution in [0.5, 0.6) is 0 Å². The van der Waals surface area contributed by atoms with Crippen LogP contribution in [0.3, 0.4) is 0 Å². The molecule has 0 fully saturated rings. The number of H-pyrrole nitrogens is 1. The van der Waals surface area contributed by atoms with Gasteiger partial charge in [-0.2, -0.15) is 5.10 Å². The fourth-order valence-electron chi connectivity index (χ4n) is 3.81. The molecule has 0 amide bonds. The van der Waals surface area contributed by atoms with Crippen LogP contribution < -0.4 is 0 Å². The number of hydrogen-bond donors (Lipinski definition) is 2. The summed E-state index contributed by atoms with van der Waals surface area (Å²) < 4.78 is 0. The Labute approximate surface area is 195 Å². The molecule has 0 aliphatic carbocycles. The Morgan fingerprint density at radius 1 is 1.03 bits per heavy atom. The van der Waals surface area contributed by atoms with E-state index in [2.05, 4.69) is 29.3 Å². The Bertz CT molecular complexity index is 1330. The molecule has 0 spiro atoms. The number of carbonyl (C=O) groups is 1. The second-order valence-electron chi connectivity index (χ2n) is 7.27. The van der Waals surface area contributed by atoms with Crippen LogP contribution in [0.4, 0.5) is 0 Å². The van der Waals surface area contributed by atoms with Crippen molar-refractivity contribution in [2.24, 2.45) is 0 Å². The van der Waals surface area contributed by atoms with Gasteiger partial charge in [0.05, 0.1) is 11.7 Å². The molecule has 32 heavy (non-hydrogen) atoms. The van der Waals surface area contributed by atoms with Crippen molar-refractivity contribution in [3.8, 4) is 0 Å². The van der Waals surface area contributed by atoms with Gasteiger partial charge >= 0.3 is 5.97 Å². The van der Waals surface area contributed by atoms with E-state index in [1.54, 1.807) is 12.3 Å². The third-order valence-corrected chi connectivity index (χ3v) is 5.90. The molecule has 3 aromatic carbocycles. The molecule has 1 aromatic heterocycles. The van der Waals surface area contributed by atoms with Crippen molar-refractivity contribution in [3.05, 3.63) is 105 Å². The number of halogens is 2. The minimum absolute atomic E-state index is 0.595. The summed E-state index contributed by atoms with van der Waals surface area (Å²) in [5.74, 6) is -0.982. The van der Waals surface area contributed by atoms with Crippen LogP contribution in [0.15, 0.2) is 72.9 Å². The van der Waals surface area contributed by atoms with E-state index in [1.165, 1.54) is 0 Å². The predicted molar refractivity (Wildman–Crippen MR) is 132 cm³/mol. The van der Waals surface area contributed by atoms with Gasteiger partial charge in [0.25, 0.3) is 0 Å². The average Bonchev–Trinajstić information content (AvgIpc) is 3.25. The average molecular weight is 463 g/mol. The molecule has 0 saturated carbocycles. The number of carboxylic acid groups (broad SMARTS) is 1. The molecule has 160 valence electrons. The van der Waals surface area contributed by atoms with Crippen molar-refractivity contribution in [2.75, 3.05) is 0 Å². The number of nitrogens with one attached hydrogen (secondary N) is 1. The lowest BCUT2D eigenvalue weighted by Gasteiger charge is -2.18. The van der Waals surface area contributed by atoms with Crippen LogP contribution in [0.1, 0.15) is 35.6 Å². The highest BCUT2D eigenvalue weighted by Crippen LogP contribution is 2.40. The van der Waals surface area contributed by atoms with Gasteiger partial charge in [0.2, 0.25) is 0 Å². The summed E-state index contributed by atoms with van der Waals surface area (Å²) in [6, 6.07) is 19.4. The zero-order valence-electron chi connectivity index (χ0n) is 17.3. The van der Waals surface area contributed by atoms with Crippen molar-refractivity contribution < 1.29 is 9.90 Å². The van der Waals surface area contributed by atoms with E-state index in [0.717, 1.165) is 50.4 Å². The van der Waals surface area contributed by atoms with Gasteiger partial charge in [-0.05, 0) is 64.6 Å². The molecule has 6 heteroatoms. The minimum Gasteiger partial charge on any atom is -0.478 e. The fourth-order valence-corrected chi connectivity index (χ4v) is 4.43. The number of nitrogens with zero attached hydrogens (tertiary/aromatic N) is 1. The summed E-state index contributed by atoms with van der Waals surface area (Å²) in [6.07, 6.45) is 5.20. The Kier molecular flexibility index (Phi) is 6.45. The van der Waals surface area contributed by atoms with Crippen LogP contribution in [0.25, 0.3) is 28.1 Å². The van der Waals surface area contributed by atoms with Gasteiger partial charge in [0, 0.05) is 27.1 Å². The molecular formula is C26H20Cl2N2O2. The number of aromatic amines is 1. The summed E-state index contributed by atoms with van der Waals surface area (Å²) in [4.78, 5) is 10.8. The first-order chi connectivity index (χ1) is 15.5. The van der Waals surface area contributed by atoms with Crippen LogP contribution >= 0.6 is 23.2 Å². The van der Waals surface area contributed by atoms with Gasteiger partial charge in [0.1, 0.15) is 0 Å². The lowest BCUT2D eigenvalue weighted by molar-refractivity contribution is -0.131. The first-order valence-electron chi connectivity index (χ1n) is 10.1. The zero-order chi connectivity index (χ0) is 22.7. The molecule has 2 N–H and O–H groups in total. The number of carboxylic acids is 1. The Hall–Kier alpha value is -3.34. The topological polar surface area (TPSA) is 66.0 Å². The summed E-state index contributed by atoms with van der Waals surface area (Å²) >= 11 is 13.2. The highest BCUT2D eigenvalue weighted by atomic mass is 35.5. The molecule has 1 heterocycles. The maximum absolute atomic E-state index is 10.8. The first kappa shape index (κ1) is 21.9. The normalized spacial score (nSPS) is 12.3. The van der Waals surface area contributed by atoms with Gasteiger partial charge in [-0.15, -0.1) is 0 Å². The maximum atomic E-state index is 10.8. The molecule has 0 aliphatic heterocycles. The molecule has 0 atom stereocenters. The highest BCUT2D eigenvalue weighted by molar-refractivity contribution is 6.38. The van der Waals surface area contributed by atoms with Gasteiger partial charge in [0.15, 0.2) is 0 Å². The summed E-state index contributed by atoms with van der Waals surface area (Å²) in [5.41, 5.74) is 6.60. The zero-order valence-corrected chi connectivity index (χ0v) is 18.8. The maximum Gasteiger partial charge on any atom is 0.328 e. The van der Waals surface area contributed by atoms with E-state index < -0.39 is 5.97 Å². The number of rotatable bonds is 6. The fraction of sp³-hybridized carbons (Fsp3) is 0.0769. The first-order valence-corrected chi connectivity index (χ1v) is 10.9. The lowest BCUT2D eigenvalue weighted by atomic mass is 9.87. The Balaban J connectivity index is 1.96. The Morgan fingerprint density at radius 2 is 1.72 bits per heavy atom. The van der Waals surface area contributed by atoms with Crippen molar-refractivity contribution in [1.29, 1.82) is 0 Å². The number of fused-ring (bicyclic) bond motifs is 1. The smallest absolute Gasteiger partial charge is 0.328 e. The van der Waals surface area contributed by atoms with E-state index in [-0.39, 0.29) is 0 Å². The minimum atomic E-state index is -0.982. The van der Waals surface area contributed by atoms with Gasteiger partial charge in [-0.3, -0.25) is 5.10 Å². The second-order valence-corrected chi connectivity index (χ2v) is 8.08. The van der Waals surface area contributed by atoms with Crippen LogP contribution in [0.2, 0.25) is 10.0 Å². The SMILES string of the molecule is CC/C(=C(/c1ccc(/C=C/C(=O)O)cc1)c1ccc2[nH]ncc2c1)c1c(Cl)cccc1Cl. The van der Waals surface area contributed by atoms with E-state index >= 15 is 0 Å². The summed E-state index contributed by atoms with van der Waals surface area (Å²) in [6.45, 7) is 2.08. The monoisotopic (exact) mass is 462 g/mol. The molecule has 0 radical (unpaired) electrons. The van der Waals surface area contributed by atoms with Crippen LogP contribution in [-0.2, 0) is 4.79 Å². The molecule has 4 aromatic rings. The molecule has 0 bridgehead atoms. The van der Waals surface area contributed by atoms with Gasteiger partial charge < -0.3 is 5.11 Å².